The van der Waals surface area contributed by atoms with Crippen molar-refractivity contribution in [3.63, 3.8) is 0 Å². The van der Waals surface area contributed by atoms with Gasteiger partial charge in [0.15, 0.2) is 0 Å². The van der Waals surface area contributed by atoms with Crippen LogP contribution in [0.2, 0.25) is 0 Å². The fourth-order valence-electron chi connectivity index (χ4n) is 6.01. The van der Waals surface area contributed by atoms with E-state index in [1.165, 1.54) is 43.4 Å². The largest absolute Gasteiger partial charge is 0.480 e. The van der Waals surface area contributed by atoms with E-state index in [4.69, 9.17) is 0 Å². The van der Waals surface area contributed by atoms with E-state index in [-0.39, 0.29) is 17.7 Å². The molecule has 3 atom stereocenters. The van der Waals surface area contributed by atoms with E-state index in [2.05, 4.69) is 6.92 Å². The molecule has 0 unspecified atom stereocenters. The summed E-state index contributed by atoms with van der Waals surface area (Å²) in [6.07, 6.45) is 15.1. The molecule has 0 aromatic carbocycles. The van der Waals surface area contributed by atoms with E-state index < -0.39 is 24.1 Å². The van der Waals surface area contributed by atoms with Crippen molar-refractivity contribution >= 4 is 23.7 Å². The Hall–Kier alpha value is -2.12. The molecule has 1 N–H and O–H groups in total. The number of aliphatic carboxylic acids is 1. The number of rotatable bonds is 13. The van der Waals surface area contributed by atoms with Gasteiger partial charge in [-0.25, -0.2) is 4.79 Å². The number of carboxylic acid groups (broad SMARTS) is 1. The van der Waals surface area contributed by atoms with E-state index in [1.54, 1.807) is 9.80 Å². The van der Waals surface area contributed by atoms with Gasteiger partial charge in [-0.2, -0.15) is 0 Å². The summed E-state index contributed by atoms with van der Waals surface area (Å²) >= 11 is 0. The lowest BCUT2D eigenvalue weighted by atomic mass is 10.1. The second-order valence-electron chi connectivity index (χ2n) is 10.5. The predicted octanol–water partition coefficient (Wildman–Crippen LogP) is 3.96. The van der Waals surface area contributed by atoms with E-state index in [1.807, 2.05) is 0 Å². The third-order valence-corrected chi connectivity index (χ3v) is 7.99. The molecule has 3 aliphatic rings. The SMILES string of the molecule is CCCCCCCCCCCC(=O)N1CCC[C@H]1C(=O)N1CCC[C@H]1C(=O)N1CCC[C@H]1C(=O)O. The lowest BCUT2D eigenvalue weighted by Gasteiger charge is -2.33. The fourth-order valence-corrected chi connectivity index (χ4v) is 6.01. The average Bonchev–Trinajstić information content (AvgIpc) is 3.61. The molecule has 0 radical (unpaired) electrons. The van der Waals surface area contributed by atoms with Crippen LogP contribution in [-0.4, -0.2) is 81.3 Å². The molecule has 0 saturated carbocycles. The molecule has 8 heteroatoms. The van der Waals surface area contributed by atoms with Crippen LogP contribution in [0.5, 0.6) is 0 Å². The average molecular weight is 492 g/mol. The molecule has 35 heavy (non-hydrogen) atoms. The van der Waals surface area contributed by atoms with Gasteiger partial charge in [-0.15, -0.1) is 0 Å². The van der Waals surface area contributed by atoms with Crippen molar-refractivity contribution in [3.8, 4) is 0 Å². The smallest absolute Gasteiger partial charge is 0.326 e. The first-order valence-electron chi connectivity index (χ1n) is 14.1. The van der Waals surface area contributed by atoms with Gasteiger partial charge in [0.25, 0.3) is 0 Å². The third kappa shape index (κ3) is 7.20. The van der Waals surface area contributed by atoms with Crippen molar-refractivity contribution in [2.45, 2.75) is 128 Å². The highest BCUT2D eigenvalue weighted by atomic mass is 16.4. The Labute approximate surface area is 210 Å². The number of hydrogen-bond donors (Lipinski definition) is 1. The topological polar surface area (TPSA) is 98.2 Å². The molecule has 3 fully saturated rings. The van der Waals surface area contributed by atoms with Gasteiger partial charge in [0.1, 0.15) is 18.1 Å². The van der Waals surface area contributed by atoms with Crippen LogP contribution in [0.1, 0.15) is 110 Å². The molecule has 0 aromatic heterocycles. The van der Waals surface area contributed by atoms with Crippen LogP contribution in [0.3, 0.4) is 0 Å². The molecule has 0 aliphatic carbocycles. The minimum atomic E-state index is -0.976. The van der Waals surface area contributed by atoms with Crippen LogP contribution in [0, 0.1) is 0 Å². The normalized spacial score (nSPS) is 24.4. The van der Waals surface area contributed by atoms with Gasteiger partial charge in [-0.05, 0) is 44.9 Å². The van der Waals surface area contributed by atoms with Crippen molar-refractivity contribution in [3.05, 3.63) is 0 Å². The van der Waals surface area contributed by atoms with Crippen molar-refractivity contribution in [2.75, 3.05) is 19.6 Å². The van der Waals surface area contributed by atoms with Gasteiger partial charge in [0.05, 0.1) is 0 Å². The maximum Gasteiger partial charge on any atom is 0.326 e. The summed E-state index contributed by atoms with van der Waals surface area (Å²) in [5.74, 6) is -1.30. The summed E-state index contributed by atoms with van der Waals surface area (Å²) in [7, 11) is 0. The van der Waals surface area contributed by atoms with Gasteiger partial charge < -0.3 is 19.8 Å². The quantitative estimate of drug-likeness (QED) is 0.393. The van der Waals surface area contributed by atoms with Gasteiger partial charge >= 0.3 is 5.97 Å². The Balaban J connectivity index is 1.47. The molecular formula is C27H45N3O5. The Kier molecular flexibility index (Phi) is 10.9. The number of carbonyl (C=O) groups excluding carboxylic acids is 3. The Morgan fingerprint density at radius 2 is 1.06 bits per heavy atom. The van der Waals surface area contributed by atoms with E-state index in [0.29, 0.717) is 51.7 Å². The number of hydrogen-bond acceptors (Lipinski definition) is 4. The summed E-state index contributed by atoms with van der Waals surface area (Å²) in [5.41, 5.74) is 0. The van der Waals surface area contributed by atoms with Crippen molar-refractivity contribution in [1.82, 2.24) is 14.7 Å². The molecule has 0 spiro atoms. The minimum absolute atomic E-state index is 0.0522. The monoisotopic (exact) mass is 491 g/mol. The first kappa shape index (κ1) is 27.5. The number of likely N-dealkylation sites (tertiary alicyclic amines) is 3. The lowest BCUT2D eigenvalue weighted by molar-refractivity contribution is -0.153. The highest BCUT2D eigenvalue weighted by Crippen LogP contribution is 2.29. The van der Waals surface area contributed by atoms with Gasteiger partial charge in [-0.3, -0.25) is 14.4 Å². The zero-order valence-corrected chi connectivity index (χ0v) is 21.6. The van der Waals surface area contributed by atoms with E-state index in [0.717, 1.165) is 32.1 Å². The van der Waals surface area contributed by atoms with Crippen molar-refractivity contribution < 1.29 is 24.3 Å². The molecule has 0 bridgehead atoms. The number of amides is 3. The summed E-state index contributed by atoms with van der Waals surface area (Å²) in [5, 5.41) is 9.46. The maximum absolute atomic E-state index is 13.5. The zero-order chi connectivity index (χ0) is 25.2. The van der Waals surface area contributed by atoms with Crippen LogP contribution in [0.15, 0.2) is 0 Å². The second kappa shape index (κ2) is 13.8. The van der Waals surface area contributed by atoms with Gasteiger partial charge in [0, 0.05) is 26.1 Å². The standard InChI is InChI=1S/C27H45N3O5/c1-2-3-4-5-6-7-8-9-10-17-24(31)28-18-11-14-21(28)25(32)29-19-12-15-22(29)26(33)30-20-13-16-23(30)27(34)35/h21-23H,2-20H2,1H3,(H,34,35)/t21-,22-,23-/m0/s1. The Morgan fingerprint density at radius 3 is 1.60 bits per heavy atom. The van der Waals surface area contributed by atoms with Crippen LogP contribution in [-0.2, 0) is 19.2 Å². The molecule has 3 amide bonds. The summed E-state index contributed by atoms with van der Waals surface area (Å²) < 4.78 is 0. The molecule has 0 aromatic rings. The molecule has 8 nitrogen and oxygen atoms in total. The van der Waals surface area contributed by atoms with Crippen molar-refractivity contribution in [2.24, 2.45) is 0 Å². The molecule has 3 aliphatic heterocycles. The number of carboxylic acids is 1. The van der Waals surface area contributed by atoms with Crippen molar-refractivity contribution in [1.29, 1.82) is 0 Å². The highest BCUT2D eigenvalue weighted by Gasteiger charge is 2.45. The maximum atomic E-state index is 13.5. The predicted molar refractivity (Wildman–Crippen MR) is 134 cm³/mol. The van der Waals surface area contributed by atoms with Crippen LogP contribution in [0.25, 0.3) is 0 Å². The lowest BCUT2D eigenvalue weighted by Crippen LogP contribution is -2.54. The third-order valence-electron chi connectivity index (χ3n) is 7.99. The Bertz CT molecular complexity index is 742. The number of nitrogens with zero attached hydrogens (tertiary/aromatic N) is 3. The molecular weight excluding hydrogens is 446 g/mol. The highest BCUT2D eigenvalue weighted by molar-refractivity contribution is 5.94. The van der Waals surface area contributed by atoms with Crippen LogP contribution >= 0.6 is 0 Å². The fraction of sp³-hybridized carbons (Fsp3) is 0.852. The first-order valence-corrected chi connectivity index (χ1v) is 14.1. The summed E-state index contributed by atoms with van der Waals surface area (Å²) in [4.78, 5) is 56.0. The van der Waals surface area contributed by atoms with Gasteiger partial charge in [0.2, 0.25) is 17.7 Å². The Morgan fingerprint density at radius 1 is 0.629 bits per heavy atom. The number of carbonyl (C=O) groups is 4. The molecule has 3 rings (SSSR count). The second-order valence-corrected chi connectivity index (χ2v) is 10.5. The van der Waals surface area contributed by atoms with E-state index in [9.17, 15) is 24.3 Å². The molecule has 3 saturated heterocycles. The zero-order valence-electron chi connectivity index (χ0n) is 21.6. The summed E-state index contributed by atoms with van der Waals surface area (Å²) in [6, 6.07) is -1.87. The van der Waals surface area contributed by atoms with Crippen LogP contribution < -0.4 is 0 Å². The minimum Gasteiger partial charge on any atom is -0.480 e. The molecule has 3 heterocycles. The van der Waals surface area contributed by atoms with Crippen LogP contribution in [0.4, 0.5) is 0 Å². The summed E-state index contributed by atoms with van der Waals surface area (Å²) in [6.45, 7) is 3.76. The number of unbranched alkanes of at least 4 members (excludes halogenated alkanes) is 8. The molecule has 198 valence electrons. The van der Waals surface area contributed by atoms with E-state index >= 15 is 0 Å². The van der Waals surface area contributed by atoms with Gasteiger partial charge in [-0.1, -0.05) is 58.3 Å². The first-order chi connectivity index (χ1) is 17.0.